The van der Waals surface area contributed by atoms with E-state index in [4.69, 9.17) is 15.9 Å². The van der Waals surface area contributed by atoms with Gasteiger partial charge in [0.15, 0.2) is 0 Å². The Kier molecular flexibility index (Phi) is 11.6. The molecule has 186 valence electrons. The molecule has 14 heteroatoms. The molecule has 1 saturated heterocycles. The quantitative estimate of drug-likeness (QED) is 0.164. The summed E-state index contributed by atoms with van der Waals surface area (Å²) in [6.45, 7) is 0.120. The molecule has 0 aromatic rings. The number of thioether (sulfide) groups is 1. The minimum Gasteiger partial charge on any atom is -0.481 e. The monoisotopic (exact) mass is 490 g/mol. The van der Waals surface area contributed by atoms with Gasteiger partial charge in [0, 0.05) is 13.0 Å². The number of nitrogens with one attached hydrogen (secondary N) is 2. The van der Waals surface area contributed by atoms with Crippen LogP contribution in [0.3, 0.4) is 0 Å². The van der Waals surface area contributed by atoms with Gasteiger partial charge in [-0.05, 0) is 37.7 Å². The van der Waals surface area contributed by atoms with Crippen molar-refractivity contribution in [2.24, 2.45) is 5.73 Å². The van der Waals surface area contributed by atoms with Gasteiger partial charge in [-0.1, -0.05) is 0 Å². The lowest BCUT2D eigenvalue weighted by atomic mass is 10.1. The Morgan fingerprint density at radius 2 is 1.64 bits per heavy atom. The zero-order valence-electron chi connectivity index (χ0n) is 18.2. The number of hydrogen-bond donors (Lipinski definition) is 6. The number of hydrogen-bond acceptors (Lipinski definition) is 8. The van der Waals surface area contributed by atoms with E-state index >= 15 is 0 Å². The fourth-order valence-electron chi connectivity index (χ4n) is 3.32. The molecule has 13 nitrogen and oxygen atoms in total. The van der Waals surface area contributed by atoms with Crippen LogP contribution in [0.4, 0.5) is 0 Å². The molecule has 0 bridgehead atoms. The molecule has 1 heterocycles. The molecule has 1 rings (SSSR count). The predicted molar refractivity (Wildman–Crippen MR) is 116 cm³/mol. The Labute approximate surface area is 194 Å². The Morgan fingerprint density at radius 1 is 1.00 bits per heavy atom. The SMILES string of the molecule is CSCCC(N)C(=O)NC(CC(=O)O)C(=O)NC(CCC(=O)O)C(=O)N1CCCC1C(=O)O. The maximum absolute atomic E-state index is 12.9. The zero-order chi connectivity index (χ0) is 25.1. The molecule has 4 atom stereocenters. The fourth-order valence-corrected chi connectivity index (χ4v) is 3.81. The number of carbonyl (C=O) groups is 6. The van der Waals surface area contributed by atoms with E-state index in [2.05, 4.69) is 10.6 Å². The van der Waals surface area contributed by atoms with Crippen molar-refractivity contribution in [3.8, 4) is 0 Å². The summed E-state index contributed by atoms with van der Waals surface area (Å²) in [5.74, 6) is -5.84. The van der Waals surface area contributed by atoms with E-state index in [9.17, 15) is 33.9 Å². The summed E-state index contributed by atoms with van der Waals surface area (Å²) in [6, 6.07) is -5.06. The van der Waals surface area contributed by atoms with Crippen molar-refractivity contribution >= 4 is 47.4 Å². The van der Waals surface area contributed by atoms with E-state index in [1.165, 1.54) is 11.8 Å². The summed E-state index contributed by atoms with van der Waals surface area (Å²) >= 11 is 1.45. The second-order valence-electron chi connectivity index (χ2n) is 7.57. The molecule has 0 aromatic carbocycles. The van der Waals surface area contributed by atoms with Crippen LogP contribution in [0, 0.1) is 0 Å². The van der Waals surface area contributed by atoms with Gasteiger partial charge >= 0.3 is 17.9 Å². The predicted octanol–water partition coefficient (Wildman–Crippen LogP) is -1.55. The highest BCUT2D eigenvalue weighted by Crippen LogP contribution is 2.19. The highest BCUT2D eigenvalue weighted by Gasteiger charge is 2.38. The van der Waals surface area contributed by atoms with Crippen LogP contribution in [0.15, 0.2) is 0 Å². The Balaban J connectivity index is 3.00. The van der Waals surface area contributed by atoms with Crippen molar-refractivity contribution in [1.29, 1.82) is 0 Å². The molecule has 0 saturated carbocycles. The topological polar surface area (TPSA) is 216 Å². The second-order valence-corrected chi connectivity index (χ2v) is 8.55. The maximum atomic E-state index is 12.9. The van der Waals surface area contributed by atoms with Crippen molar-refractivity contribution in [3.05, 3.63) is 0 Å². The van der Waals surface area contributed by atoms with Crippen molar-refractivity contribution in [1.82, 2.24) is 15.5 Å². The third-order valence-electron chi connectivity index (χ3n) is 5.06. The van der Waals surface area contributed by atoms with Gasteiger partial charge in [-0.15, -0.1) is 0 Å². The molecule has 0 aromatic heterocycles. The van der Waals surface area contributed by atoms with Crippen LogP contribution in [-0.2, 0) is 28.8 Å². The number of nitrogens with zero attached hydrogens (tertiary/aromatic N) is 1. The van der Waals surface area contributed by atoms with Crippen LogP contribution < -0.4 is 16.4 Å². The van der Waals surface area contributed by atoms with Crippen molar-refractivity contribution in [2.75, 3.05) is 18.6 Å². The standard InChI is InChI=1S/C19H30N4O9S/c1-33-8-6-10(20)16(28)22-12(9-15(26)27)17(29)21-11(4-5-14(24)25)18(30)23-7-2-3-13(23)19(31)32/h10-13H,2-9,20H2,1H3,(H,21,29)(H,22,28)(H,24,25)(H,26,27)(H,31,32). The molecule has 0 aliphatic carbocycles. The smallest absolute Gasteiger partial charge is 0.326 e. The highest BCUT2D eigenvalue weighted by molar-refractivity contribution is 7.98. The van der Waals surface area contributed by atoms with Gasteiger partial charge in [-0.2, -0.15) is 11.8 Å². The van der Waals surface area contributed by atoms with E-state index in [-0.39, 0.29) is 19.4 Å². The summed E-state index contributed by atoms with van der Waals surface area (Å²) in [7, 11) is 0. The van der Waals surface area contributed by atoms with Gasteiger partial charge in [0.05, 0.1) is 12.5 Å². The first kappa shape index (κ1) is 28.2. The second kappa shape index (κ2) is 13.6. The molecule has 1 aliphatic heterocycles. The first-order valence-electron chi connectivity index (χ1n) is 10.3. The summed E-state index contributed by atoms with van der Waals surface area (Å²) in [6.07, 6.45) is 1.10. The van der Waals surface area contributed by atoms with Crippen LogP contribution in [0.2, 0.25) is 0 Å². The van der Waals surface area contributed by atoms with Gasteiger partial charge in [-0.25, -0.2) is 4.79 Å². The number of carbonyl (C=O) groups excluding carboxylic acids is 3. The van der Waals surface area contributed by atoms with Gasteiger partial charge in [0.25, 0.3) is 0 Å². The normalized spacial score (nSPS) is 18.1. The van der Waals surface area contributed by atoms with E-state index in [1.54, 1.807) is 0 Å². The van der Waals surface area contributed by atoms with Crippen molar-refractivity contribution in [3.63, 3.8) is 0 Å². The number of rotatable bonds is 14. The average molecular weight is 491 g/mol. The van der Waals surface area contributed by atoms with Gasteiger partial charge in [0.2, 0.25) is 17.7 Å². The number of aliphatic carboxylic acids is 3. The lowest BCUT2D eigenvalue weighted by molar-refractivity contribution is -0.150. The van der Waals surface area contributed by atoms with Gasteiger partial charge < -0.3 is 36.6 Å². The van der Waals surface area contributed by atoms with Crippen LogP contribution >= 0.6 is 11.8 Å². The number of carboxylic acid groups (broad SMARTS) is 3. The van der Waals surface area contributed by atoms with E-state index in [0.29, 0.717) is 18.6 Å². The fraction of sp³-hybridized carbons (Fsp3) is 0.684. The Bertz CT molecular complexity index is 764. The van der Waals surface area contributed by atoms with Crippen LogP contribution in [0.25, 0.3) is 0 Å². The van der Waals surface area contributed by atoms with Gasteiger partial charge in [-0.3, -0.25) is 24.0 Å². The van der Waals surface area contributed by atoms with E-state index < -0.39 is 72.6 Å². The van der Waals surface area contributed by atoms with Crippen LogP contribution in [0.5, 0.6) is 0 Å². The highest BCUT2D eigenvalue weighted by atomic mass is 32.2. The molecule has 4 unspecified atom stereocenters. The maximum Gasteiger partial charge on any atom is 0.326 e. The molecule has 3 amide bonds. The number of likely N-dealkylation sites (tertiary alicyclic amines) is 1. The third kappa shape index (κ3) is 9.26. The summed E-state index contributed by atoms with van der Waals surface area (Å²) in [5, 5.41) is 32.0. The zero-order valence-corrected chi connectivity index (χ0v) is 19.0. The minimum atomic E-state index is -1.57. The summed E-state index contributed by atoms with van der Waals surface area (Å²) < 4.78 is 0. The molecule has 0 spiro atoms. The molecule has 1 aliphatic rings. The van der Waals surface area contributed by atoms with E-state index in [0.717, 1.165) is 4.90 Å². The summed E-state index contributed by atoms with van der Waals surface area (Å²) in [5.41, 5.74) is 5.75. The number of carboxylic acids is 3. The summed E-state index contributed by atoms with van der Waals surface area (Å²) in [4.78, 5) is 72.7. The van der Waals surface area contributed by atoms with Crippen LogP contribution in [0.1, 0.15) is 38.5 Å². The first-order chi connectivity index (χ1) is 15.5. The van der Waals surface area contributed by atoms with Gasteiger partial charge in [0.1, 0.15) is 18.1 Å². The largest absolute Gasteiger partial charge is 0.481 e. The minimum absolute atomic E-state index is 0.120. The average Bonchev–Trinajstić information content (AvgIpc) is 3.23. The van der Waals surface area contributed by atoms with Crippen molar-refractivity contribution < 1.29 is 44.1 Å². The third-order valence-corrected chi connectivity index (χ3v) is 5.71. The van der Waals surface area contributed by atoms with E-state index in [1.807, 2.05) is 6.26 Å². The van der Waals surface area contributed by atoms with Crippen molar-refractivity contribution in [2.45, 2.75) is 62.7 Å². The molecule has 33 heavy (non-hydrogen) atoms. The molecular formula is C19H30N4O9S. The Morgan fingerprint density at radius 3 is 2.18 bits per heavy atom. The Hall–Kier alpha value is -2.87. The molecule has 0 radical (unpaired) electrons. The lowest BCUT2D eigenvalue weighted by Gasteiger charge is -2.28. The first-order valence-corrected chi connectivity index (χ1v) is 11.7. The number of nitrogens with two attached hydrogens (primary N) is 1. The van der Waals surface area contributed by atoms with Crippen LogP contribution in [-0.4, -0.2) is 98.6 Å². The molecular weight excluding hydrogens is 460 g/mol. The number of amides is 3. The lowest BCUT2D eigenvalue weighted by Crippen LogP contribution is -2.57. The molecule has 1 fully saturated rings. The molecule has 7 N–H and O–H groups in total.